The molecule has 3 nitrogen and oxygen atoms in total. The topological polar surface area (TPSA) is 47.3 Å². The maximum Gasteiger partial charge on any atom is 0.0611 e. The lowest BCUT2D eigenvalue weighted by molar-refractivity contribution is -0.000733. The number of nitrogens with two attached hydrogens (primary N) is 1. The minimum absolute atomic E-state index is 0.0448. The molecule has 0 aromatic rings. The summed E-state index contributed by atoms with van der Waals surface area (Å²) in [5.74, 6) is 5.03. The number of hydrogen-bond acceptors (Lipinski definition) is 3. The van der Waals surface area contributed by atoms with Gasteiger partial charge in [-0.25, -0.2) is 0 Å². The standard InChI is InChI=1S/C6H16N2O/c1-6(2,3)9-5-4-8-7/h8H,4-5,7H2,1-3H3. The van der Waals surface area contributed by atoms with Crippen LogP contribution in [-0.4, -0.2) is 18.8 Å². The van der Waals surface area contributed by atoms with Gasteiger partial charge in [0.25, 0.3) is 0 Å². The van der Waals surface area contributed by atoms with Crippen molar-refractivity contribution >= 4 is 0 Å². The van der Waals surface area contributed by atoms with E-state index in [1.807, 2.05) is 20.8 Å². The van der Waals surface area contributed by atoms with Gasteiger partial charge in [-0.2, -0.15) is 0 Å². The summed E-state index contributed by atoms with van der Waals surface area (Å²) in [5.41, 5.74) is 2.47. The normalized spacial score (nSPS) is 12.0. The maximum atomic E-state index is 5.33. The lowest BCUT2D eigenvalue weighted by Crippen LogP contribution is -2.30. The molecule has 0 unspecified atom stereocenters. The highest BCUT2D eigenvalue weighted by Gasteiger charge is 2.07. The van der Waals surface area contributed by atoms with Crippen molar-refractivity contribution in [2.45, 2.75) is 26.4 Å². The predicted molar refractivity (Wildman–Crippen MR) is 37.9 cm³/mol. The Labute approximate surface area is 56.5 Å². The molecule has 0 aromatic heterocycles. The average molecular weight is 132 g/mol. The van der Waals surface area contributed by atoms with Crippen LogP contribution in [0.1, 0.15) is 20.8 Å². The second kappa shape index (κ2) is 3.82. The van der Waals surface area contributed by atoms with E-state index >= 15 is 0 Å². The van der Waals surface area contributed by atoms with Gasteiger partial charge in [-0.1, -0.05) is 0 Å². The molecule has 0 aliphatic carbocycles. The van der Waals surface area contributed by atoms with Gasteiger partial charge >= 0.3 is 0 Å². The van der Waals surface area contributed by atoms with Crippen molar-refractivity contribution in [3.05, 3.63) is 0 Å². The Hall–Kier alpha value is -0.120. The van der Waals surface area contributed by atoms with Crippen LogP contribution >= 0.6 is 0 Å². The Kier molecular flexibility index (Phi) is 3.77. The second-order valence-electron chi connectivity index (χ2n) is 2.91. The molecular formula is C6H16N2O. The van der Waals surface area contributed by atoms with Gasteiger partial charge in [-0.3, -0.25) is 11.3 Å². The van der Waals surface area contributed by atoms with Gasteiger partial charge in [0.15, 0.2) is 0 Å². The van der Waals surface area contributed by atoms with Gasteiger partial charge in [0.1, 0.15) is 0 Å². The number of hydrogen-bond donors (Lipinski definition) is 2. The van der Waals surface area contributed by atoms with Crippen LogP contribution in [0.15, 0.2) is 0 Å². The Balaban J connectivity index is 3.07. The van der Waals surface area contributed by atoms with Crippen molar-refractivity contribution in [1.29, 1.82) is 0 Å². The molecule has 0 spiro atoms. The van der Waals surface area contributed by atoms with Crippen LogP contribution in [0.4, 0.5) is 0 Å². The molecule has 0 fully saturated rings. The van der Waals surface area contributed by atoms with Crippen LogP contribution in [0.5, 0.6) is 0 Å². The molecule has 9 heavy (non-hydrogen) atoms. The van der Waals surface area contributed by atoms with Gasteiger partial charge in [-0.05, 0) is 20.8 Å². The fourth-order valence-electron chi connectivity index (χ4n) is 0.416. The molecule has 0 aromatic carbocycles. The van der Waals surface area contributed by atoms with Crippen molar-refractivity contribution in [1.82, 2.24) is 5.43 Å². The summed E-state index contributed by atoms with van der Waals surface area (Å²) in [6.45, 7) is 7.42. The minimum atomic E-state index is -0.0448. The molecule has 56 valence electrons. The van der Waals surface area contributed by atoms with E-state index in [4.69, 9.17) is 10.6 Å². The summed E-state index contributed by atoms with van der Waals surface area (Å²) in [7, 11) is 0. The maximum absolute atomic E-state index is 5.33. The van der Waals surface area contributed by atoms with Crippen molar-refractivity contribution in [2.75, 3.05) is 13.2 Å². The van der Waals surface area contributed by atoms with Crippen LogP contribution in [0, 0.1) is 0 Å². The van der Waals surface area contributed by atoms with E-state index in [9.17, 15) is 0 Å². The number of nitrogens with one attached hydrogen (secondary N) is 1. The average Bonchev–Trinajstić information content (AvgIpc) is 1.63. The van der Waals surface area contributed by atoms with Crippen LogP contribution < -0.4 is 11.3 Å². The minimum Gasteiger partial charge on any atom is -0.374 e. The number of ether oxygens (including phenoxy) is 1. The Bertz CT molecular complexity index is 67.9. The van der Waals surface area contributed by atoms with E-state index in [2.05, 4.69) is 5.43 Å². The molecule has 0 aliphatic heterocycles. The first-order valence-corrected chi connectivity index (χ1v) is 3.14. The molecule has 0 atom stereocenters. The predicted octanol–water partition coefficient (Wildman–Crippen LogP) is 0.265. The molecule has 0 heterocycles. The molecular weight excluding hydrogens is 116 g/mol. The molecule has 3 N–H and O–H groups in total. The SMILES string of the molecule is CC(C)(C)OCCNN. The largest absolute Gasteiger partial charge is 0.374 e. The van der Waals surface area contributed by atoms with Gasteiger partial charge in [0, 0.05) is 6.54 Å². The molecule has 0 saturated carbocycles. The van der Waals surface area contributed by atoms with Crippen molar-refractivity contribution in [3.63, 3.8) is 0 Å². The lowest BCUT2D eigenvalue weighted by atomic mass is 10.2. The van der Waals surface area contributed by atoms with Gasteiger partial charge in [-0.15, -0.1) is 0 Å². The molecule has 0 bridgehead atoms. The van der Waals surface area contributed by atoms with E-state index in [1.165, 1.54) is 0 Å². The fraction of sp³-hybridized carbons (Fsp3) is 1.00. The van der Waals surface area contributed by atoms with Gasteiger partial charge in [0.2, 0.25) is 0 Å². The van der Waals surface area contributed by atoms with Crippen LogP contribution in [0.2, 0.25) is 0 Å². The summed E-state index contributed by atoms with van der Waals surface area (Å²) >= 11 is 0. The number of hydrazine groups is 1. The second-order valence-corrected chi connectivity index (χ2v) is 2.91. The highest BCUT2D eigenvalue weighted by Crippen LogP contribution is 2.04. The van der Waals surface area contributed by atoms with E-state index in [1.54, 1.807) is 0 Å². The van der Waals surface area contributed by atoms with E-state index in [-0.39, 0.29) is 5.60 Å². The monoisotopic (exact) mass is 132 g/mol. The zero-order valence-electron chi connectivity index (χ0n) is 6.40. The van der Waals surface area contributed by atoms with Crippen molar-refractivity contribution in [2.24, 2.45) is 5.84 Å². The van der Waals surface area contributed by atoms with E-state index < -0.39 is 0 Å². The van der Waals surface area contributed by atoms with Crippen LogP contribution in [-0.2, 0) is 4.74 Å². The highest BCUT2D eigenvalue weighted by molar-refractivity contribution is 4.58. The first kappa shape index (κ1) is 8.88. The molecule has 0 saturated heterocycles. The summed E-state index contributed by atoms with van der Waals surface area (Å²) in [5, 5.41) is 0. The van der Waals surface area contributed by atoms with Crippen molar-refractivity contribution in [3.8, 4) is 0 Å². The Morgan fingerprint density at radius 2 is 2.00 bits per heavy atom. The highest BCUT2D eigenvalue weighted by atomic mass is 16.5. The van der Waals surface area contributed by atoms with Crippen LogP contribution in [0.25, 0.3) is 0 Å². The zero-order chi connectivity index (χ0) is 7.33. The molecule has 0 rings (SSSR count). The zero-order valence-corrected chi connectivity index (χ0v) is 6.40. The van der Waals surface area contributed by atoms with Crippen LogP contribution in [0.3, 0.4) is 0 Å². The first-order valence-electron chi connectivity index (χ1n) is 3.14. The summed E-state index contributed by atoms with van der Waals surface area (Å²) in [6, 6.07) is 0. The fourth-order valence-corrected chi connectivity index (χ4v) is 0.416. The summed E-state index contributed by atoms with van der Waals surface area (Å²) < 4.78 is 5.33. The third kappa shape index (κ3) is 7.88. The molecule has 0 amide bonds. The van der Waals surface area contributed by atoms with Crippen molar-refractivity contribution < 1.29 is 4.74 Å². The third-order valence-electron chi connectivity index (χ3n) is 0.781. The third-order valence-corrected chi connectivity index (χ3v) is 0.781. The Morgan fingerprint density at radius 1 is 1.44 bits per heavy atom. The summed E-state index contributed by atoms with van der Waals surface area (Å²) in [6.07, 6.45) is 0. The molecule has 0 radical (unpaired) electrons. The number of rotatable bonds is 3. The van der Waals surface area contributed by atoms with E-state index in [0.29, 0.717) is 13.2 Å². The smallest absolute Gasteiger partial charge is 0.0611 e. The first-order chi connectivity index (χ1) is 4.06. The quantitative estimate of drug-likeness (QED) is 0.329. The van der Waals surface area contributed by atoms with E-state index in [0.717, 1.165) is 0 Å². The van der Waals surface area contributed by atoms with Gasteiger partial charge in [0.05, 0.1) is 12.2 Å². The summed E-state index contributed by atoms with van der Waals surface area (Å²) in [4.78, 5) is 0. The molecule has 3 heteroatoms. The Morgan fingerprint density at radius 3 is 2.33 bits per heavy atom. The molecule has 0 aliphatic rings. The van der Waals surface area contributed by atoms with Gasteiger partial charge < -0.3 is 4.74 Å². The lowest BCUT2D eigenvalue weighted by Gasteiger charge is -2.18.